The second-order valence-electron chi connectivity index (χ2n) is 2.30. The van der Waals surface area contributed by atoms with Crippen molar-refractivity contribution in [1.82, 2.24) is 0 Å². The van der Waals surface area contributed by atoms with Crippen LogP contribution in [0.4, 0.5) is 0 Å². The highest BCUT2D eigenvalue weighted by molar-refractivity contribution is 5.59. The lowest BCUT2D eigenvalue weighted by molar-refractivity contribution is 0.367. The maximum absolute atomic E-state index is 9.93. The maximum Gasteiger partial charge on any atom is 0.203 e. The van der Waals surface area contributed by atoms with E-state index >= 15 is 0 Å². The standard InChI is InChI=1S/C8H7O4/c9-2-1-5-3-6(10)8(12)7(11)4-5/h3-4,10-12H,1H2. The van der Waals surface area contributed by atoms with Gasteiger partial charge in [0.25, 0.3) is 0 Å². The zero-order chi connectivity index (χ0) is 9.14. The predicted molar refractivity (Wildman–Crippen MR) is 40.8 cm³/mol. The molecule has 0 amide bonds. The van der Waals surface area contributed by atoms with Crippen LogP contribution in [-0.2, 0) is 11.2 Å². The van der Waals surface area contributed by atoms with E-state index in [4.69, 9.17) is 15.3 Å². The van der Waals surface area contributed by atoms with E-state index in [-0.39, 0.29) is 6.42 Å². The molecule has 1 radical (unpaired) electrons. The topological polar surface area (TPSA) is 77.8 Å². The smallest absolute Gasteiger partial charge is 0.203 e. The van der Waals surface area contributed by atoms with Crippen molar-refractivity contribution in [2.24, 2.45) is 0 Å². The first-order valence-electron chi connectivity index (χ1n) is 3.24. The van der Waals surface area contributed by atoms with E-state index < -0.39 is 17.2 Å². The summed E-state index contributed by atoms with van der Waals surface area (Å²) in [4.78, 5) is 9.93. The summed E-state index contributed by atoms with van der Waals surface area (Å²) in [5.41, 5.74) is 0.401. The van der Waals surface area contributed by atoms with E-state index in [1.54, 1.807) is 6.29 Å². The number of hydrogen-bond donors (Lipinski definition) is 3. The number of phenolic OH excluding ortho intramolecular Hbond substituents is 3. The van der Waals surface area contributed by atoms with Gasteiger partial charge in [0.2, 0.25) is 6.29 Å². The average Bonchev–Trinajstić information content (AvgIpc) is 2.01. The zero-order valence-electron chi connectivity index (χ0n) is 6.11. The molecular formula is C8H7O4. The molecule has 0 spiro atoms. The minimum atomic E-state index is -0.579. The van der Waals surface area contributed by atoms with Gasteiger partial charge in [0.1, 0.15) is 0 Å². The fourth-order valence-electron chi connectivity index (χ4n) is 0.846. The van der Waals surface area contributed by atoms with Crippen LogP contribution in [0.3, 0.4) is 0 Å². The second-order valence-corrected chi connectivity index (χ2v) is 2.30. The minimum Gasteiger partial charge on any atom is -0.504 e. The van der Waals surface area contributed by atoms with E-state index in [1.807, 2.05) is 0 Å². The van der Waals surface area contributed by atoms with Gasteiger partial charge in [-0.1, -0.05) is 0 Å². The van der Waals surface area contributed by atoms with E-state index in [1.165, 1.54) is 12.1 Å². The normalized spacial score (nSPS) is 9.67. The van der Waals surface area contributed by atoms with Crippen LogP contribution in [-0.4, -0.2) is 21.6 Å². The number of hydrogen-bond acceptors (Lipinski definition) is 4. The second kappa shape index (κ2) is 3.13. The number of rotatable bonds is 2. The molecule has 0 aliphatic rings. The Hall–Kier alpha value is -1.71. The lowest BCUT2D eigenvalue weighted by Crippen LogP contribution is -1.85. The van der Waals surface area contributed by atoms with Crippen LogP contribution in [0.25, 0.3) is 0 Å². The molecule has 1 aromatic carbocycles. The van der Waals surface area contributed by atoms with Crippen LogP contribution < -0.4 is 0 Å². The van der Waals surface area contributed by atoms with Crippen molar-refractivity contribution in [2.45, 2.75) is 6.42 Å². The highest BCUT2D eigenvalue weighted by Gasteiger charge is 2.07. The van der Waals surface area contributed by atoms with Gasteiger partial charge < -0.3 is 15.3 Å². The summed E-state index contributed by atoms with van der Waals surface area (Å²) in [7, 11) is 0. The van der Waals surface area contributed by atoms with E-state index in [0.29, 0.717) is 5.56 Å². The Bertz CT molecular complexity index is 283. The van der Waals surface area contributed by atoms with Gasteiger partial charge in [0.05, 0.1) is 0 Å². The molecule has 0 fully saturated rings. The van der Waals surface area contributed by atoms with Gasteiger partial charge >= 0.3 is 0 Å². The molecule has 4 nitrogen and oxygen atoms in total. The molecule has 0 heterocycles. The van der Waals surface area contributed by atoms with Crippen LogP contribution in [0.15, 0.2) is 12.1 Å². The molecule has 4 heteroatoms. The molecule has 0 saturated heterocycles. The van der Waals surface area contributed by atoms with Crippen LogP contribution >= 0.6 is 0 Å². The molecule has 12 heavy (non-hydrogen) atoms. The fraction of sp³-hybridized carbons (Fsp3) is 0.125. The lowest BCUT2D eigenvalue weighted by atomic mass is 10.1. The van der Waals surface area contributed by atoms with E-state index in [2.05, 4.69) is 0 Å². The largest absolute Gasteiger partial charge is 0.504 e. The Morgan fingerprint density at radius 2 is 1.67 bits per heavy atom. The third kappa shape index (κ3) is 1.47. The van der Waals surface area contributed by atoms with E-state index in [0.717, 1.165) is 0 Å². The fourth-order valence-corrected chi connectivity index (χ4v) is 0.846. The molecule has 3 N–H and O–H groups in total. The number of carbonyl (C=O) groups excluding carboxylic acids is 1. The minimum absolute atomic E-state index is 0.0264. The number of aromatic hydroxyl groups is 3. The molecule has 0 aliphatic carbocycles. The van der Waals surface area contributed by atoms with Crippen molar-refractivity contribution >= 4 is 6.29 Å². The molecule has 1 aromatic rings. The van der Waals surface area contributed by atoms with Crippen LogP contribution in [0, 0.1) is 0 Å². The molecule has 0 aliphatic heterocycles. The SMILES string of the molecule is O=[C]Cc1cc(O)c(O)c(O)c1. The van der Waals surface area contributed by atoms with Crippen molar-refractivity contribution in [3.8, 4) is 17.2 Å². The third-order valence-corrected chi connectivity index (χ3v) is 1.41. The highest BCUT2D eigenvalue weighted by atomic mass is 16.3. The van der Waals surface area contributed by atoms with Crippen molar-refractivity contribution in [3.63, 3.8) is 0 Å². The first kappa shape index (κ1) is 8.39. The van der Waals surface area contributed by atoms with Crippen molar-refractivity contribution in [1.29, 1.82) is 0 Å². The van der Waals surface area contributed by atoms with Gasteiger partial charge in [-0.2, -0.15) is 0 Å². The van der Waals surface area contributed by atoms with Crippen molar-refractivity contribution < 1.29 is 20.1 Å². The van der Waals surface area contributed by atoms with Crippen molar-refractivity contribution in [3.05, 3.63) is 17.7 Å². The average molecular weight is 167 g/mol. The third-order valence-electron chi connectivity index (χ3n) is 1.41. The predicted octanol–water partition coefficient (Wildman–Crippen LogP) is 0.456. The molecule has 0 unspecified atom stereocenters. The Morgan fingerprint density at radius 3 is 2.08 bits per heavy atom. The molecule has 0 bridgehead atoms. The van der Waals surface area contributed by atoms with Crippen LogP contribution in [0.5, 0.6) is 17.2 Å². The molecule has 1 rings (SSSR count). The molecule has 0 saturated carbocycles. The summed E-state index contributed by atoms with van der Waals surface area (Å²) < 4.78 is 0. The first-order chi connectivity index (χ1) is 5.65. The maximum atomic E-state index is 9.93. The first-order valence-corrected chi connectivity index (χ1v) is 3.24. The van der Waals surface area contributed by atoms with Gasteiger partial charge in [-0.25, -0.2) is 0 Å². The van der Waals surface area contributed by atoms with Gasteiger partial charge in [-0.3, -0.25) is 4.79 Å². The van der Waals surface area contributed by atoms with E-state index in [9.17, 15) is 4.79 Å². The highest BCUT2D eigenvalue weighted by Crippen LogP contribution is 2.35. The quantitative estimate of drug-likeness (QED) is 0.559. The Balaban J connectivity index is 3.11. The summed E-state index contributed by atoms with van der Waals surface area (Å²) in [5, 5.41) is 26.8. The Morgan fingerprint density at radius 1 is 1.17 bits per heavy atom. The molecule has 0 atom stereocenters. The summed E-state index contributed by atoms with van der Waals surface area (Å²) in [5.74, 6) is -1.47. The zero-order valence-corrected chi connectivity index (χ0v) is 6.11. The summed E-state index contributed by atoms with van der Waals surface area (Å²) >= 11 is 0. The number of phenols is 3. The van der Waals surface area contributed by atoms with Crippen molar-refractivity contribution in [2.75, 3.05) is 0 Å². The Kier molecular flexibility index (Phi) is 2.19. The number of benzene rings is 1. The van der Waals surface area contributed by atoms with Crippen LogP contribution in [0.2, 0.25) is 0 Å². The van der Waals surface area contributed by atoms with Gasteiger partial charge in [0.15, 0.2) is 17.2 Å². The monoisotopic (exact) mass is 167 g/mol. The molecule has 63 valence electrons. The Labute approximate surface area is 68.7 Å². The van der Waals surface area contributed by atoms with Crippen LogP contribution in [0.1, 0.15) is 5.56 Å². The molecular weight excluding hydrogens is 160 g/mol. The van der Waals surface area contributed by atoms with Gasteiger partial charge in [0, 0.05) is 6.42 Å². The molecule has 0 aromatic heterocycles. The summed E-state index contributed by atoms with van der Waals surface area (Å²) in [6.07, 6.45) is 1.58. The summed E-state index contributed by atoms with van der Waals surface area (Å²) in [6, 6.07) is 2.39. The summed E-state index contributed by atoms with van der Waals surface area (Å²) in [6.45, 7) is 0. The lowest BCUT2D eigenvalue weighted by Gasteiger charge is -2.02. The van der Waals surface area contributed by atoms with Gasteiger partial charge in [-0.05, 0) is 17.7 Å². The van der Waals surface area contributed by atoms with Gasteiger partial charge in [-0.15, -0.1) is 0 Å².